The molecule has 0 bridgehead atoms. The number of hydrogen-bond donors (Lipinski definition) is 1. The van der Waals surface area contributed by atoms with Gasteiger partial charge in [-0.25, -0.2) is 4.39 Å². The minimum Gasteiger partial charge on any atom is -0.372 e. The summed E-state index contributed by atoms with van der Waals surface area (Å²) in [5, 5.41) is 3.27. The highest BCUT2D eigenvalue weighted by molar-refractivity contribution is 6.30. The molecule has 1 unspecified atom stereocenters. The Bertz CT molecular complexity index is 785. The maximum absolute atomic E-state index is 13.8. The van der Waals surface area contributed by atoms with Crippen molar-refractivity contribution in [2.24, 2.45) is 5.92 Å². The van der Waals surface area contributed by atoms with Gasteiger partial charge in [0.15, 0.2) is 0 Å². The molecule has 144 valence electrons. The van der Waals surface area contributed by atoms with Crippen molar-refractivity contribution in [2.45, 2.75) is 39.2 Å². The summed E-state index contributed by atoms with van der Waals surface area (Å²) in [6, 6.07) is 12.6. The molecule has 2 aromatic carbocycles. The molecule has 2 aromatic rings. The maximum atomic E-state index is 13.8. The summed E-state index contributed by atoms with van der Waals surface area (Å²) in [7, 11) is 0. The Morgan fingerprint density at radius 3 is 2.52 bits per heavy atom. The fraction of sp³-hybridized carbons (Fsp3) is 0.409. The monoisotopic (exact) mass is 388 g/mol. The summed E-state index contributed by atoms with van der Waals surface area (Å²) in [4.78, 5) is 14.7. The molecule has 0 radical (unpaired) electrons. The number of carbonyl (C=O) groups excluding carboxylic acids is 1. The van der Waals surface area contributed by atoms with Crippen LogP contribution in [0.5, 0.6) is 0 Å². The van der Waals surface area contributed by atoms with Crippen LogP contribution in [0, 0.1) is 11.7 Å². The SMILES string of the molecule is CC1CCN(c2ccc(C(C)NC(=O)Cc3ccc(Cl)cc3F)cc2)CC1. The first-order valence-corrected chi connectivity index (χ1v) is 9.88. The molecule has 1 aliphatic rings. The van der Waals surface area contributed by atoms with E-state index in [9.17, 15) is 9.18 Å². The average molecular weight is 389 g/mol. The van der Waals surface area contributed by atoms with Gasteiger partial charge in [0.1, 0.15) is 5.82 Å². The van der Waals surface area contributed by atoms with Crippen LogP contribution in [0.15, 0.2) is 42.5 Å². The second-order valence-electron chi connectivity index (χ2n) is 7.46. The second kappa shape index (κ2) is 8.75. The molecule has 1 fully saturated rings. The van der Waals surface area contributed by atoms with E-state index in [1.54, 1.807) is 12.1 Å². The van der Waals surface area contributed by atoms with Gasteiger partial charge in [-0.3, -0.25) is 4.79 Å². The van der Waals surface area contributed by atoms with Crippen molar-refractivity contribution in [3.05, 3.63) is 64.4 Å². The van der Waals surface area contributed by atoms with Crippen LogP contribution in [0.3, 0.4) is 0 Å². The van der Waals surface area contributed by atoms with Gasteiger partial charge in [-0.2, -0.15) is 0 Å². The number of benzene rings is 2. The molecule has 1 aliphatic heterocycles. The highest BCUT2D eigenvalue weighted by Gasteiger charge is 2.17. The standard InChI is InChI=1S/C22H26ClFN2O/c1-15-9-11-26(12-10-15)20-7-4-17(5-8-20)16(2)25-22(27)13-18-3-6-19(23)14-21(18)24/h3-8,14-16H,9-13H2,1-2H3,(H,25,27). The number of rotatable bonds is 5. The number of nitrogens with zero attached hydrogens (tertiary/aromatic N) is 1. The molecule has 1 N–H and O–H groups in total. The van der Waals surface area contributed by atoms with Crippen molar-refractivity contribution in [1.82, 2.24) is 5.32 Å². The fourth-order valence-corrected chi connectivity index (χ4v) is 3.61. The summed E-state index contributed by atoms with van der Waals surface area (Å²) < 4.78 is 13.8. The van der Waals surface area contributed by atoms with E-state index in [4.69, 9.17) is 11.6 Å². The molecule has 3 rings (SSSR count). The molecule has 1 amide bonds. The first kappa shape index (κ1) is 19.7. The number of nitrogens with one attached hydrogen (secondary N) is 1. The Labute approximate surface area is 165 Å². The molecule has 1 saturated heterocycles. The van der Waals surface area contributed by atoms with E-state index in [2.05, 4.69) is 41.4 Å². The first-order valence-electron chi connectivity index (χ1n) is 9.50. The van der Waals surface area contributed by atoms with E-state index in [-0.39, 0.29) is 18.4 Å². The van der Waals surface area contributed by atoms with Gasteiger partial charge in [0, 0.05) is 23.8 Å². The molecule has 27 heavy (non-hydrogen) atoms. The molecular weight excluding hydrogens is 363 g/mol. The summed E-state index contributed by atoms with van der Waals surface area (Å²) >= 11 is 5.75. The second-order valence-corrected chi connectivity index (χ2v) is 7.90. The number of hydrogen-bond acceptors (Lipinski definition) is 2. The van der Waals surface area contributed by atoms with E-state index in [1.165, 1.54) is 24.6 Å². The number of carbonyl (C=O) groups is 1. The van der Waals surface area contributed by atoms with Crippen LogP contribution in [0.2, 0.25) is 5.02 Å². The van der Waals surface area contributed by atoms with Gasteiger partial charge >= 0.3 is 0 Å². The minimum atomic E-state index is -0.453. The van der Waals surface area contributed by atoms with Gasteiger partial charge < -0.3 is 10.2 Å². The van der Waals surface area contributed by atoms with Crippen LogP contribution in [-0.2, 0) is 11.2 Å². The molecule has 3 nitrogen and oxygen atoms in total. The van der Waals surface area contributed by atoms with Crippen molar-refractivity contribution >= 4 is 23.2 Å². The Balaban J connectivity index is 1.57. The Hall–Kier alpha value is -2.07. The lowest BCUT2D eigenvalue weighted by Gasteiger charge is -2.32. The van der Waals surface area contributed by atoms with Crippen molar-refractivity contribution < 1.29 is 9.18 Å². The zero-order valence-electron chi connectivity index (χ0n) is 15.8. The van der Waals surface area contributed by atoms with E-state index in [0.29, 0.717) is 10.6 Å². The summed E-state index contributed by atoms with van der Waals surface area (Å²) in [6.45, 7) is 6.44. The van der Waals surface area contributed by atoms with Crippen LogP contribution >= 0.6 is 11.6 Å². The van der Waals surface area contributed by atoms with Gasteiger partial charge in [-0.15, -0.1) is 0 Å². The third-order valence-corrected chi connectivity index (χ3v) is 5.52. The van der Waals surface area contributed by atoms with Crippen molar-refractivity contribution in [1.29, 1.82) is 0 Å². The molecule has 0 aromatic heterocycles. The number of amides is 1. The number of anilines is 1. The molecule has 1 atom stereocenters. The first-order chi connectivity index (χ1) is 12.9. The summed E-state index contributed by atoms with van der Waals surface area (Å²) in [5.41, 5.74) is 2.61. The highest BCUT2D eigenvalue weighted by atomic mass is 35.5. The Kier molecular flexibility index (Phi) is 6.38. The van der Waals surface area contributed by atoms with E-state index >= 15 is 0 Å². The lowest BCUT2D eigenvalue weighted by Crippen LogP contribution is -2.32. The lowest BCUT2D eigenvalue weighted by molar-refractivity contribution is -0.121. The van der Waals surface area contributed by atoms with Crippen LogP contribution in [-0.4, -0.2) is 19.0 Å². The number of halogens is 2. The van der Waals surface area contributed by atoms with Gasteiger partial charge in [0.25, 0.3) is 0 Å². The Morgan fingerprint density at radius 1 is 1.22 bits per heavy atom. The van der Waals surface area contributed by atoms with E-state index in [1.807, 2.05) is 6.92 Å². The Morgan fingerprint density at radius 2 is 1.89 bits per heavy atom. The van der Waals surface area contributed by atoms with E-state index in [0.717, 1.165) is 24.6 Å². The molecule has 0 aliphatic carbocycles. The normalized spacial score (nSPS) is 16.2. The predicted molar refractivity (Wildman–Crippen MR) is 109 cm³/mol. The van der Waals surface area contributed by atoms with Crippen LogP contribution in [0.25, 0.3) is 0 Å². The van der Waals surface area contributed by atoms with Crippen molar-refractivity contribution in [3.63, 3.8) is 0 Å². The van der Waals surface area contributed by atoms with Crippen LogP contribution in [0.4, 0.5) is 10.1 Å². The van der Waals surface area contributed by atoms with Crippen LogP contribution in [0.1, 0.15) is 43.9 Å². The predicted octanol–water partition coefficient (Wildman–Crippen LogP) is 5.14. The van der Waals surface area contributed by atoms with Crippen molar-refractivity contribution in [3.8, 4) is 0 Å². The van der Waals surface area contributed by atoms with E-state index < -0.39 is 5.82 Å². The molecule has 1 heterocycles. The average Bonchev–Trinajstić information content (AvgIpc) is 2.65. The zero-order valence-corrected chi connectivity index (χ0v) is 16.6. The summed E-state index contributed by atoms with van der Waals surface area (Å²) in [6.07, 6.45) is 2.46. The quantitative estimate of drug-likeness (QED) is 0.769. The van der Waals surface area contributed by atoms with Gasteiger partial charge in [-0.1, -0.05) is 36.7 Å². The number of piperidine rings is 1. The van der Waals surface area contributed by atoms with Gasteiger partial charge in [0.05, 0.1) is 12.5 Å². The lowest BCUT2D eigenvalue weighted by atomic mass is 9.98. The largest absolute Gasteiger partial charge is 0.372 e. The third kappa shape index (κ3) is 5.23. The molecule has 0 spiro atoms. The van der Waals surface area contributed by atoms with Gasteiger partial charge in [0.2, 0.25) is 5.91 Å². The maximum Gasteiger partial charge on any atom is 0.225 e. The third-order valence-electron chi connectivity index (χ3n) is 5.29. The summed E-state index contributed by atoms with van der Waals surface area (Å²) in [5.74, 6) is 0.143. The topological polar surface area (TPSA) is 32.3 Å². The highest BCUT2D eigenvalue weighted by Crippen LogP contribution is 2.24. The van der Waals surface area contributed by atoms with Gasteiger partial charge in [-0.05, 0) is 61.1 Å². The van der Waals surface area contributed by atoms with Crippen molar-refractivity contribution in [2.75, 3.05) is 18.0 Å². The minimum absolute atomic E-state index is 0.00259. The zero-order chi connectivity index (χ0) is 19.4. The molecule has 5 heteroatoms. The smallest absolute Gasteiger partial charge is 0.225 e. The molecular formula is C22H26ClFN2O. The van der Waals surface area contributed by atoms with Crippen LogP contribution < -0.4 is 10.2 Å². The fourth-order valence-electron chi connectivity index (χ4n) is 3.45. The molecule has 0 saturated carbocycles.